The zero-order valence-electron chi connectivity index (χ0n) is 20.2. The summed E-state index contributed by atoms with van der Waals surface area (Å²) in [6.45, 7) is 6.23. The van der Waals surface area contributed by atoms with E-state index < -0.39 is 23.4 Å². The lowest BCUT2D eigenvalue weighted by atomic mass is 10.0. The van der Waals surface area contributed by atoms with Crippen molar-refractivity contribution in [1.29, 1.82) is 5.26 Å². The molecule has 0 spiro atoms. The number of aromatic amines is 1. The third-order valence-electron chi connectivity index (χ3n) is 5.82. The predicted molar refractivity (Wildman–Crippen MR) is 128 cm³/mol. The van der Waals surface area contributed by atoms with Gasteiger partial charge in [0.15, 0.2) is 0 Å². The molecule has 0 bridgehead atoms. The number of alkyl halides is 3. The number of ether oxygens (including phenoxy) is 1. The lowest BCUT2D eigenvalue weighted by Gasteiger charge is -2.28. The number of aromatic nitrogens is 3. The Balaban J connectivity index is 1.65. The summed E-state index contributed by atoms with van der Waals surface area (Å²) in [5.74, 6) is 0.0389. The highest BCUT2D eigenvalue weighted by Gasteiger charge is 2.36. The Labute approximate surface area is 206 Å². The molecule has 2 N–H and O–H groups in total. The second-order valence-corrected chi connectivity index (χ2v) is 9.79. The average Bonchev–Trinajstić information content (AvgIpc) is 3.07. The average molecular weight is 501 g/mol. The summed E-state index contributed by atoms with van der Waals surface area (Å²) in [4.78, 5) is 25.3. The molecule has 3 heterocycles. The van der Waals surface area contributed by atoms with E-state index in [1.165, 1.54) is 6.20 Å². The van der Waals surface area contributed by atoms with Crippen LogP contribution < -0.4 is 5.32 Å². The van der Waals surface area contributed by atoms with Gasteiger partial charge in [-0.15, -0.1) is 0 Å². The molecule has 1 amide bonds. The van der Waals surface area contributed by atoms with E-state index in [-0.39, 0.29) is 23.2 Å². The third-order valence-corrected chi connectivity index (χ3v) is 5.82. The quantitative estimate of drug-likeness (QED) is 0.477. The van der Waals surface area contributed by atoms with Crippen LogP contribution in [0.25, 0.3) is 22.2 Å². The van der Waals surface area contributed by atoms with E-state index in [1.807, 2.05) is 6.07 Å². The topological polar surface area (TPSA) is 107 Å². The molecule has 0 aliphatic carbocycles. The molecule has 1 aromatic carbocycles. The van der Waals surface area contributed by atoms with Crippen LogP contribution in [0.5, 0.6) is 0 Å². The van der Waals surface area contributed by atoms with Crippen LogP contribution in [-0.4, -0.2) is 50.7 Å². The smallest absolute Gasteiger partial charge is 0.419 e. The van der Waals surface area contributed by atoms with E-state index in [9.17, 15) is 18.0 Å². The lowest BCUT2D eigenvalue weighted by molar-refractivity contribution is -0.137. The molecule has 0 saturated carbocycles. The van der Waals surface area contributed by atoms with Gasteiger partial charge in [0.2, 0.25) is 5.95 Å². The van der Waals surface area contributed by atoms with Gasteiger partial charge in [-0.3, -0.25) is 0 Å². The van der Waals surface area contributed by atoms with Gasteiger partial charge in [0.1, 0.15) is 11.2 Å². The minimum absolute atomic E-state index is 0.0389. The maximum atomic E-state index is 13.9. The summed E-state index contributed by atoms with van der Waals surface area (Å²) in [7, 11) is 0. The first-order valence-electron chi connectivity index (χ1n) is 11.6. The van der Waals surface area contributed by atoms with Crippen molar-refractivity contribution in [2.75, 3.05) is 18.4 Å². The third kappa shape index (κ3) is 5.70. The van der Waals surface area contributed by atoms with Crippen LogP contribution in [0.3, 0.4) is 0 Å². The number of carbonyl (C=O) groups is 1. The Hall–Kier alpha value is -3.81. The van der Waals surface area contributed by atoms with E-state index in [1.54, 1.807) is 43.9 Å². The number of rotatable bonds is 3. The van der Waals surface area contributed by atoms with E-state index in [0.29, 0.717) is 36.0 Å². The number of amides is 1. The summed E-state index contributed by atoms with van der Waals surface area (Å²) >= 11 is 0. The van der Waals surface area contributed by atoms with Gasteiger partial charge >= 0.3 is 12.3 Å². The first kappa shape index (κ1) is 25.3. The molecule has 1 aliphatic rings. The van der Waals surface area contributed by atoms with Crippen molar-refractivity contribution in [3.05, 3.63) is 41.7 Å². The molecule has 36 heavy (non-hydrogen) atoms. The second kappa shape index (κ2) is 9.68. The number of nitrogens with one attached hydrogen (secondary N) is 2. The highest BCUT2D eigenvalue weighted by Crippen LogP contribution is 2.39. The van der Waals surface area contributed by atoms with Gasteiger partial charge in [-0.25, -0.2) is 14.8 Å². The number of H-pyrrole nitrogens is 1. The van der Waals surface area contributed by atoms with Crippen LogP contribution in [0.1, 0.15) is 51.2 Å². The first-order chi connectivity index (χ1) is 16.9. The summed E-state index contributed by atoms with van der Waals surface area (Å²) in [6, 6.07) is 6.47. The molecular formula is C25H27F3N6O2. The van der Waals surface area contributed by atoms with Gasteiger partial charge in [0.05, 0.1) is 17.3 Å². The summed E-state index contributed by atoms with van der Waals surface area (Å²) in [5, 5.41) is 12.8. The summed E-state index contributed by atoms with van der Waals surface area (Å²) in [5.41, 5.74) is -0.695. The number of nitrogens with zero attached hydrogens (tertiary/aromatic N) is 4. The van der Waals surface area contributed by atoms with E-state index in [2.05, 4.69) is 20.3 Å². The summed E-state index contributed by atoms with van der Waals surface area (Å²) in [6.07, 6.45) is -0.563. The molecule has 190 valence electrons. The molecule has 8 nitrogen and oxygen atoms in total. The Bertz CT molecular complexity index is 1310. The van der Waals surface area contributed by atoms with Crippen molar-refractivity contribution < 1.29 is 22.7 Å². The molecule has 11 heteroatoms. The van der Waals surface area contributed by atoms with Crippen LogP contribution in [0.15, 0.2) is 30.6 Å². The monoisotopic (exact) mass is 500 g/mol. The molecule has 1 aliphatic heterocycles. The van der Waals surface area contributed by atoms with Gasteiger partial charge in [0.25, 0.3) is 0 Å². The van der Waals surface area contributed by atoms with Crippen molar-refractivity contribution in [2.45, 2.75) is 57.9 Å². The zero-order valence-corrected chi connectivity index (χ0v) is 20.2. The standard InChI is InChI=1S/C25H27F3N6O2/c1-24(2,3)36-23(35)34-9-5-4-6-16(14-34)32-22-31-13-19(25(26,27)28)21(33-22)18-12-30-20-10-15(11-29)7-8-17(18)20/h7-8,10,12-13,16,30H,4-6,9,14H2,1-3H3,(H,31,32,33)/t16-/m0/s1. The number of hydrogen-bond acceptors (Lipinski definition) is 6. The highest BCUT2D eigenvalue weighted by molar-refractivity contribution is 5.96. The molecule has 4 rings (SSSR count). The van der Waals surface area contributed by atoms with Crippen molar-refractivity contribution in [2.24, 2.45) is 0 Å². The van der Waals surface area contributed by atoms with Gasteiger partial charge in [-0.2, -0.15) is 18.4 Å². The molecule has 1 atom stereocenters. The number of fused-ring (bicyclic) bond motifs is 1. The number of anilines is 1. The maximum Gasteiger partial charge on any atom is 0.419 e. The van der Waals surface area contributed by atoms with Crippen LogP contribution in [-0.2, 0) is 10.9 Å². The zero-order chi connectivity index (χ0) is 26.1. The van der Waals surface area contributed by atoms with Crippen molar-refractivity contribution in [3.63, 3.8) is 0 Å². The predicted octanol–water partition coefficient (Wildman–Crippen LogP) is 5.72. The molecule has 3 aromatic rings. The number of hydrogen-bond donors (Lipinski definition) is 2. The maximum absolute atomic E-state index is 13.9. The van der Waals surface area contributed by atoms with Crippen LogP contribution in [0.2, 0.25) is 0 Å². The van der Waals surface area contributed by atoms with Crippen molar-refractivity contribution >= 4 is 22.9 Å². The fraction of sp³-hybridized carbons (Fsp3) is 0.440. The Morgan fingerprint density at radius 3 is 2.75 bits per heavy atom. The Kier molecular flexibility index (Phi) is 6.80. The normalized spacial score (nSPS) is 16.9. The number of halogens is 3. The van der Waals surface area contributed by atoms with E-state index in [0.717, 1.165) is 19.0 Å². The van der Waals surface area contributed by atoms with Crippen molar-refractivity contribution in [1.82, 2.24) is 19.9 Å². The molecular weight excluding hydrogens is 473 g/mol. The minimum Gasteiger partial charge on any atom is -0.444 e. The number of likely N-dealkylation sites (tertiary alicyclic amines) is 1. The minimum atomic E-state index is -4.67. The molecule has 0 unspecified atom stereocenters. The number of carbonyl (C=O) groups excluding carboxylic acids is 1. The fourth-order valence-corrected chi connectivity index (χ4v) is 4.19. The number of benzene rings is 1. The van der Waals surface area contributed by atoms with E-state index >= 15 is 0 Å². The van der Waals surface area contributed by atoms with Crippen LogP contribution >= 0.6 is 0 Å². The van der Waals surface area contributed by atoms with Gasteiger partial charge in [-0.1, -0.05) is 6.07 Å². The SMILES string of the molecule is CC(C)(C)OC(=O)N1CCCC[C@H](Nc2ncc(C(F)(F)F)c(-c3c[nH]c4cc(C#N)ccc34)n2)C1. The molecule has 1 fully saturated rings. The van der Waals surface area contributed by atoms with Gasteiger partial charge in [0, 0.05) is 48.0 Å². The fourth-order valence-electron chi connectivity index (χ4n) is 4.19. The molecule has 0 radical (unpaired) electrons. The Morgan fingerprint density at radius 2 is 2.06 bits per heavy atom. The van der Waals surface area contributed by atoms with E-state index in [4.69, 9.17) is 10.00 Å². The molecule has 1 saturated heterocycles. The summed E-state index contributed by atoms with van der Waals surface area (Å²) < 4.78 is 47.1. The van der Waals surface area contributed by atoms with Crippen LogP contribution in [0.4, 0.5) is 23.9 Å². The number of nitriles is 1. The first-order valence-corrected chi connectivity index (χ1v) is 11.6. The Morgan fingerprint density at radius 1 is 1.28 bits per heavy atom. The largest absolute Gasteiger partial charge is 0.444 e. The van der Waals surface area contributed by atoms with Crippen LogP contribution in [0, 0.1) is 11.3 Å². The highest BCUT2D eigenvalue weighted by atomic mass is 19.4. The van der Waals surface area contributed by atoms with Gasteiger partial charge in [-0.05, 0) is 52.2 Å². The molecule has 2 aromatic heterocycles. The van der Waals surface area contributed by atoms with Gasteiger partial charge < -0.3 is 19.9 Å². The lowest BCUT2D eigenvalue weighted by Crippen LogP contribution is -2.42. The second-order valence-electron chi connectivity index (χ2n) is 9.79. The van der Waals surface area contributed by atoms with Crippen molar-refractivity contribution in [3.8, 4) is 17.3 Å².